The second-order valence-corrected chi connectivity index (χ2v) is 6.55. The van der Waals surface area contributed by atoms with Crippen molar-refractivity contribution in [2.75, 3.05) is 26.2 Å². The van der Waals surface area contributed by atoms with Crippen LogP contribution in [0.1, 0.15) is 23.0 Å². The topological polar surface area (TPSA) is 41.1 Å². The van der Waals surface area contributed by atoms with Gasteiger partial charge in [-0.25, -0.2) is 0 Å². The molecule has 0 amide bonds. The molecule has 1 aromatic heterocycles. The number of hydrogen-bond acceptors (Lipinski definition) is 4. The van der Waals surface area contributed by atoms with Crippen molar-refractivity contribution in [3.8, 4) is 0 Å². The first-order chi connectivity index (χ1) is 9.75. The van der Waals surface area contributed by atoms with Crippen LogP contribution in [0.4, 0.5) is 0 Å². The van der Waals surface area contributed by atoms with Gasteiger partial charge in [-0.15, -0.1) is 11.3 Å². The van der Waals surface area contributed by atoms with Gasteiger partial charge in [-0.05, 0) is 37.0 Å². The van der Waals surface area contributed by atoms with Gasteiger partial charge in [0.15, 0.2) is 5.78 Å². The molecule has 2 aromatic rings. The number of benzene rings is 1. The minimum Gasteiger partial charge on any atom is -0.316 e. The smallest absolute Gasteiger partial charge is 0.181 e. The molecular weight excluding hydrogens is 268 g/mol. The molecule has 0 radical (unpaired) electrons. The maximum absolute atomic E-state index is 13.0. The van der Waals surface area contributed by atoms with Crippen molar-refractivity contribution < 1.29 is 4.79 Å². The molecule has 0 aliphatic carbocycles. The monoisotopic (exact) mass is 288 g/mol. The van der Waals surface area contributed by atoms with E-state index in [2.05, 4.69) is 29.7 Å². The van der Waals surface area contributed by atoms with Crippen LogP contribution in [-0.2, 0) is 0 Å². The van der Waals surface area contributed by atoms with Gasteiger partial charge < -0.3 is 10.6 Å². The Balaban J connectivity index is 1.92. The minimum absolute atomic E-state index is 0.267. The number of carbonyl (C=O) groups excluding carboxylic acids is 1. The molecule has 3 rings (SSSR count). The molecule has 0 bridgehead atoms. The fraction of sp³-hybridized carbons (Fsp3) is 0.438. The zero-order chi connectivity index (χ0) is 14.0. The molecule has 1 atom stereocenters. The van der Waals surface area contributed by atoms with Gasteiger partial charge in [0.05, 0.1) is 10.3 Å². The number of nitrogens with one attached hydrogen (secondary N) is 2. The van der Waals surface area contributed by atoms with E-state index in [9.17, 15) is 4.79 Å². The number of rotatable bonds is 5. The molecule has 106 valence electrons. The highest BCUT2D eigenvalue weighted by molar-refractivity contribution is 7.20. The molecule has 2 N–H and O–H groups in total. The third kappa shape index (κ3) is 2.39. The van der Waals surface area contributed by atoms with E-state index in [0.29, 0.717) is 5.78 Å². The number of hydrogen-bond donors (Lipinski definition) is 2. The van der Waals surface area contributed by atoms with Crippen molar-refractivity contribution in [2.45, 2.75) is 13.3 Å². The van der Waals surface area contributed by atoms with Crippen molar-refractivity contribution in [1.82, 2.24) is 10.6 Å². The Labute approximate surface area is 123 Å². The maximum atomic E-state index is 13.0. The molecule has 0 spiro atoms. The Bertz CT molecular complexity index is 581. The predicted octanol–water partition coefficient (Wildman–Crippen LogP) is 2.67. The number of carbonyl (C=O) groups is 1. The molecule has 4 heteroatoms. The summed E-state index contributed by atoms with van der Waals surface area (Å²) in [4.78, 5) is 13.9. The molecule has 1 aliphatic heterocycles. The van der Waals surface area contributed by atoms with E-state index in [4.69, 9.17) is 0 Å². The fourth-order valence-electron chi connectivity index (χ4n) is 2.89. The Hall–Kier alpha value is -1.23. The highest BCUT2D eigenvalue weighted by Gasteiger charge is 2.41. The summed E-state index contributed by atoms with van der Waals surface area (Å²) in [7, 11) is 0. The fourth-order valence-corrected chi connectivity index (χ4v) is 4.01. The quantitative estimate of drug-likeness (QED) is 0.831. The normalized spacial score (nSPS) is 22.4. The van der Waals surface area contributed by atoms with Gasteiger partial charge in [-0.2, -0.15) is 0 Å². The number of Topliss-reactive ketones (excluding diaryl/α,β-unsaturated/α-hetero) is 1. The van der Waals surface area contributed by atoms with E-state index in [-0.39, 0.29) is 5.41 Å². The highest BCUT2D eigenvalue weighted by atomic mass is 32.1. The lowest BCUT2D eigenvalue weighted by molar-refractivity contribution is 0.0820. The Kier molecular flexibility index (Phi) is 3.87. The van der Waals surface area contributed by atoms with E-state index in [1.165, 1.54) is 10.1 Å². The van der Waals surface area contributed by atoms with Gasteiger partial charge in [0, 0.05) is 17.8 Å². The van der Waals surface area contributed by atoms with Gasteiger partial charge >= 0.3 is 0 Å². The van der Waals surface area contributed by atoms with Crippen LogP contribution in [0.25, 0.3) is 10.1 Å². The van der Waals surface area contributed by atoms with E-state index < -0.39 is 0 Å². The summed E-state index contributed by atoms with van der Waals surface area (Å²) < 4.78 is 1.19. The molecule has 1 saturated heterocycles. The molecular formula is C16H20N2OS. The standard InChI is InChI=1S/C16H20N2OS/c1-2-17-10-16(7-8-18-11-16)15(19)14-9-12-5-3-4-6-13(12)20-14/h3-6,9,17-18H,2,7-8,10-11H2,1H3. The minimum atomic E-state index is -0.267. The molecule has 1 aromatic carbocycles. The molecule has 20 heavy (non-hydrogen) atoms. The molecule has 1 unspecified atom stereocenters. The van der Waals surface area contributed by atoms with Crippen molar-refractivity contribution in [3.05, 3.63) is 35.2 Å². The number of thiophene rings is 1. The lowest BCUT2D eigenvalue weighted by Crippen LogP contribution is -2.42. The van der Waals surface area contributed by atoms with Gasteiger partial charge in [0.25, 0.3) is 0 Å². The molecule has 1 aliphatic rings. The van der Waals surface area contributed by atoms with Gasteiger partial charge in [0.2, 0.25) is 0 Å². The Morgan fingerprint density at radius 1 is 1.45 bits per heavy atom. The summed E-state index contributed by atoms with van der Waals surface area (Å²) in [5.41, 5.74) is -0.267. The zero-order valence-corrected chi connectivity index (χ0v) is 12.6. The first-order valence-electron chi connectivity index (χ1n) is 7.20. The second-order valence-electron chi connectivity index (χ2n) is 5.47. The molecule has 1 fully saturated rings. The maximum Gasteiger partial charge on any atom is 0.181 e. The third-order valence-electron chi connectivity index (χ3n) is 4.09. The highest BCUT2D eigenvalue weighted by Crippen LogP contribution is 2.34. The van der Waals surface area contributed by atoms with Crippen LogP contribution in [0.3, 0.4) is 0 Å². The van der Waals surface area contributed by atoms with Crippen molar-refractivity contribution in [2.24, 2.45) is 5.41 Å². The molecule has 2 heterocycles. The van der Waals surface area contributed by atoms with Gasteiger partial charge in [-0.1, -0.05) is 25.1 Å². The third-order valence-corrected chi connectivity index (χ3v) is 5.20. The lowest BCUT2D eigenvalue weighted by Gasteiger charge is -2.26. The lowest BCUT2D eigenvalue weighted by atomic mass is 9.81. The van der Waals surface area contributed by atoms with Crippen LogP contribution in [0, 0.1) is 5.41 Å². The number of ketones is 1. The Morgan fingerprint density at radius 3 is 3.00 bits per heavy atom. The van der Waals surface area contributed by atoms with Crippen LogP contribution in [0.2, 0.25) is 0 Å². The summed E-state index contributed by atoms with van der Waals surface area (Å²) in [5, 5.41) is 7.88. The summed E-state index contributed by atoms with van der Waals surface area (Å²) >= 11 is 1.62. The van der Waals surface area contributed by atoms with Crippen molar-refractivity contribution in [3.63, 3.8) is 0 Å². The first-order valence-corrected chi connectivity index (χ1v) is 8.02. The van der Waals surface area contributed by atoms with Gasteiger partial charge in [0.1, 0.15) is 0 Å². The Morgan fingerprint density at radius 2 is 2.30 bits per heavy atom. The van der Waals surface area contributed by atoms with Crippen LogP contribution in [0.15, 0.2) is 30.3 Å². The second kappa shape index (κ2) is 5.64. The summed E-state index contributed by atoms with van der Waals surface area (Å²) in [6.45, 7) is 5.47. The van der Waals surface area contributed by atoms with Crippen LogP contribution in [-0.4, -0.2) is 32.0 Å². The van der Waals surface area contributed by atoms with Crippen molar-refractivity contribution >= 4 is 27.2 Å². The summed E-state index contributed by atoms with van der Waals surface area (Å²) in [5.74, 6) is 0.296. The molecule has 0 saturated carbocycles. The van der Waals surface area contributed by atoms with E-state index >= 15 is 0 Å². The van der Waals surface area contributed by atoms with E-state index in [1.807, 2.05) is 18.2 Å². The largest absolute Gasteiger partial charge is 0.316 e. The first kappa shape index (κ1) is 13.7. The van der Waals surface area contributed by atoms with Crippen LogP contribution < -0.4 is 10.6 Å². The SMILES string of the molecule is CCNCC1(C(=O)c2cc3ccccc3s2)CCNC1. The van der Waals surface area contributed by atoms with E-state index in [0.717, 1.165) is 37.5 Å². The zero-order valence-electron chi connectivity index (χ0n) is 11.7. The molecule has 3 nitrogen and oxygen atoms in total. The average molecular weight is 288 g/mol. The number of fused-ring (bicyclic) bond motifs is 1. The van der Waals surface area contributed by atoms with Crippen molar-refractivity contribution in [1.29, 1.82) is 0 Å². The van der Waals surface area contributed by atoms with Crippen LogP contribution in [0.5, 0.6) is 0 Å². The summed E-state index contributed by atoms with van der Waals surface area (Å²) in [6.07, 6.45) is 0.924. The van der Waals surface area contributed by atoms with Gasteiger partial charge in [-0.3, -0.25) is 4.79 Å². The average Bonchev–Trinajstić information content (AvgIpc) is 3.11. The summed E-state index contributed by atoms with van der Waals surface area (Å²) in [6, 6.07) is 10.3. The predicted molar refractivity (Wildman–Crippen MR) is 84.6 cm³/mol. The van der Waals surface area contributed by atoms with Crippen LogP contribution >= 0.6 is 11.3 Å². The van der Waals surface area contributed by atoms with E-state index in [1.54, 1.807) is 11.3 Å².